The quantitative estimate of drug-likeness (QED) is 0.732. The van der Waals surface area contributed by atoms with Crippen molar-refractivity contribution in [2.75, 3.05) is 18.4 Å². The number of nitrogens with one attached hydrogen (secondary N) is 2. The van der Waals surface area contributed by atoms with Gasteiger partial charge in [0.2, 0.25) is 10.0 Å². The summed E-state index contributed by atoms with van der Waals surface area (Å²) in [6.07, 6.45) is 1.39. The molecule has 0 saturated heterocycles. The lowest BCUT2D eigenvalue weighted by Gasteiger charge is -2.31. The summed E-state index contributed by atoms with van der Waals surface area (Å²) >= 11 is 0. The monoisotopic (exact) mass is 284 g/mol. The molecule has 1 aliphatic rings. The van der Waals surface area contributed by atoms with Crippen LogP contribution in [0.15, 0.2) is 29.2 Å². The Kier molecular flexibility index (Phi) is 4.44. The summed E-state index contributed by atoms with van der Waals surface area (Å²) in [5.41, 5.74) is 0.616. The first-order valence-electron chi connectivity index (χ1n) is 6.53. The third-order valence-electron chi connectivity index (χ3n) is 3.30. The molecule has 0 aliphatic heterocycles. The molecule has 0 unspecified atom stereocenters. The maximum atomic E-state index is 12.0. The standard InChI is InChI=1S/C13H20N2O3S/c1-2-15-19(17,18)13-6-4-3-5-12(13)14-9-10-7-11(16)8-10/h3-6,10-11,14-16H,2,7-9H2,1H3. The average Bonchev–Trinajstić information content (AvgIpc) is 2.33. The van der Waals surface area contributed by atoms with Crippen molar-refractivity contribution in [3.05, 3.63) is 24.3 Å². The number of hydrogen-bond donors (Lipinski definition) is 3. The van der Waals surface area contributed by atoms with Gasteiger partial charge in [-0.25, -0.2) is 13.1 Å². The fourth-order valence-corrected chi connectivity index (χ4v) is 3.46. The van der Waals surface area contributed by atoms with Crippen molar-refractivity contribution in [3.63, 3.8) is 0 Å². The maximum absolute atomic E-state index is 12.0. The molecule has 1 aromatic carbocycles. The fraction of sp³-hybridized carbons (Fsp3) is 0.538. The summed E-state index contributed by atoms with van der Waals surface area (Å²) in [6, 6.07) is 6.88. The smallest absolute Gasteiger partial charge is 0.242 e. The molecule has 1 aliphatic carbocycles. The highest BCUT2D eigenvalue weighted by Gasteiger charge is 2.27. The predicted octanol–water partition coefficient (Wildman–Crippen LogP) is 1.17. The summed E-state index contributed by atoms with van der Waals surface area (Å²) in [5.74, 6) is 0.421. The Morgan fingerprint density at radius 3 is 2.63 bits per heavy atom. The molecule has 0 heterocycles. The average molecular weight is 284 g/mol. The van der Waals surface area contributed by atoms with E-state index < -0.39 is 10.0 Å². The first-order chi connectivity index (χ1) is 9.03. The molecule has 0 spiro atoms. The highest BCUT2D eigenvalue weighted by atomic mass is 32.2. The van der Waals surface area contributed by atoms with Gasteiger partial charge in [-0.15, -0.1) is 0 Å². The minimum absolute atomic E-state index is 0.187. The van der Waals surface area contributed by atoms with Crippen molar-refractivity contribution in [2.45, 2.75) is 30.8 Å². The number of anilines is 1. The van der Waals surface area contributed by atoms with Crippen molar-refractivity contribution in [2.24, 2.45) is 5.92 Å². The van der Waals surface area contributed by atoms with Crippen LogP contribution in [-0.4, -0.2) is 32.7 Å². The van der Waals surface area contributed by atoms with Gasteiger partial charge in [0, 0.05) is 13.1 Å². The van der Waals surface area contributed by atoms with Crippen LogP contribution >= 0.6 is 0 Å². The zero-order valence-electron chi connectivity index (χ0n) is 11.0. The van der Waals surface area contributed by atoms with E-state index in [1.807, 2.05) is 6.07 Å². The van der Waals surface area contributed by atoms with Crippen LogP contribution in [0.25, 0.3) is 0 Å². The molecule has 106 valence electrons. The van der Waals surface area contributed by atoms with E-state index in [9.17, 15) is 13.5 Å². The van der Waals surface area contributed by atoms with Crippen molar-refractivity contribution in [1.29, 1.82) is 0 Å². The highest BCUT2D eigenvalue weighted by Crippen LogP contribution is 2.28. The van der Waals surface area contributed by atoms with Gasteiger partial charge in [-0.1, -0.05) is 19.1 Å². The van der Waals surface area contributed by atoms with Crippen LogP contribution in [0.4, 0.5) is 5.69 Å². The van der Waals surface area contributed by atoms with E-state index in [-0.39, 0.29) is 11.0 Å². The van der Waals surface area contributed by atoms with E-state index in [1.165, 1.54) is 0 Å². The van der Waals surface area contributed by atoms with E-state index in [2.05, 4.69) is 10.0 Å². The molecule has 0 atom stereocenters. The van der Waals surface area contributed by atoms with Gasteiger partial charge in [0.25, 0.3) is 0 Å². The van der Waals surface area contributed by atoms with Gasteiger partial charge in [0.05, 0.1) is 11.8 Å². The Bertz CT molecular complexity index is 524. The summed E-state index contributed by atoms with van der Waals surface area (Å²) in [7, 11) is -3.45. The molecule has 6 heteroatoms. The predicted molar refractivity (Wildman–Crippen MR) is 74.5 cm³/mol. The zero-order chi connectivity index (χ0) is 13.9. The minimum atomic E-state index is -3.45. The van der Waals surface area contributed by atoms with E-state index in [0.717, 1.165) is 12.8 Å². The lowest BCUT2D eigenvalue weighted by molar-refractivity contribution is 0.0486. The van der Waals surface area contributed by atoms with Crippen molar-refractivity contribution < 1.29 is 13.5 Å². The van der Waals surface area contributed by atoms with Crippen LogP contribution in [-0.2, 0) is 10.0 Å². The first kappa shape index (κ1) is 14.3. The normalized spacial score (nSPS) is 22.8. The molecule has 0 bridgehead atoms. The molecule has 1 fully saturated rings. The Morgan fingerprint density at radius 1 is 1.32 bits per heavy atom. The van der Waals surface area contributed by atoms with Crippen LogP contribution < -0.4 is 10.0 Å². The molecule has 0 radical (unpaired) electrons. The third-order valence-corrected chi connectivity index (χ3v) is 4.91. The fourth-order valence-electron chi connectivity index (χ4n) is 2.24. The van der Waals surface area contributed by atoms with Gasteiger partial charge in [0.1, 0.15) is 4.90 Å². The molecule has 1 saturated carbocycles. The van der Waals surface area contributed by atoms with Gasteiger partial charge >= 0.3 is 0 Å². The molecule has 0 amide bonds. The van der Waals surface area contributed by atoms with E-state index in [1.54, 1.807) is 25.1 Å². The summed E-state index contributed by atoms with van der Waals surface area (Å²) in [5, 5.41) is 12.4. The number of aliphatic hydroxyl groups excluding tert-OH is 1. The number of aliphatic hydroxyl groups is 1. The van der Waals surface area contributed by atoms with Gasteiger partial charge in [0.15, 0.2) is 0 Å². The van der Waals surface area contributed by atoms with Crippen LogP contribution in [0.1, 0.15) is 19.8 Å². The van der Waals surface area contributed by atoms with Crippen LogP contribution in [0.3, 0.4) is 0 Å². The van der Waals surface area contributed by atoms with Crippen molar-refractivity contribution in [1.82, 2.24) is 4.72 Å². The Hall–Kier alpha value is -1.11. The van der Waals surface area contributed by atoms with Crippen molar-refractivity contribution >= 4 is 15.7 Å². The van der Waals surface area contributed by atoms with E-state index in [0.29, 0.717) is 24.7 Å². The Balaban J connectivity index is 2.08. The number of hydrogen-bond acceptors (Lipinski definition) is 4. The van der Waals surface area contributed by atoms with E-state index >= 15 is 0 Å². The van der Waals surface area contributed by atoms with Crippen LogP contribution in [0.2, 0.25) is 0 Å². The van der Waals surface area contributed by atoms with E-state index in [4.69, 9.17) is 0 Å². The largest absolute Gasteiger partial charge is 0.393 e. The second kappa shape index (κ2) is 5.90. The van der Waals surface area contributed by atoms with Gasteiger partial charge < -0.3 is 10.4 Å². The minimum Gasteiger partial charge on any atom is -0.393 e. The maximum Gasteiger partial charge on any atom is 0.242 e. The molecule has 2 rings (SSSR count). The molecule has 19 heavy (non-hydrogen) atoms. The third kappa shape index (κ3) is 3.46. The topological polar surface area (TPSA) is 78.4 Å². The molecular weight excluding hydrogens is 264 g/mol. The van der Waals surface area contributed by atoms with Gasteiger partial charge in [-0.05, 0) is 30.9 Å². The molecular formula is C13H20N2O3S. The number of benzene rings is 1. The zero-order valence-corrected chi connectivity index (χ0v) is 11.8. The molecule has 3 N–H and O–H groups in total. The lowest BCUT2D eigenvalue weighted by Crippen LogP contribution is -2.33. The summed E-state index contributed by atoms with van der Waals surface area (Å²) in [6.45, 7) is 2.81. The van der Waals surface area contributed by atoms with Crippen molar-refractivity contribution in [3.8, 4) is 0 Å². The summed E-state index contributed by atoms with van der Waals surface area (Å²) < 4.78 is 26.6. The van der Waals surface area contributed by atoms with Gasteiger partial charge in [-0.2, -0.15) is 0 Å². The van der Waals surface area contributed by atoms with Gasteiger partial charge in [-0.3, -0.25) is 0 Å². The molecule has 5 nitrogen and oxygen atoms in total. The number of para-hydroxylation sites is 1. The second-order valence-electron chi connectivity index (χ2n) is 4.87. The first-order valence-corrected chi connectivity index (χ1v) is 8.02. The van der Waals surface area contributed by atoms with Crippen LogP contribution in [0, 0.1) is 5.92 Å². The Labute approximate surface area is 114 Å². The second-order valence-corrected chi connectivity index (χ2v) is 6.61. The number of rotatable bonds is 6. The van der Waals surface area contributed by atoms with Crippen LogP contribution in [0.5, 0.6) is 0 Å². The highest BCUT2D eigenvalue weighted by molar-refractivity contribution is 7.89. The molecule has 1 aromatic rings. The molecule has 0 aromatic heterocycles. The Morgan fingerprint density at radius 2 is 2.00 bits per heavy atom. The summed E-state index contributed by atoms with van der Waals surface area (Å²) in [4.78, 5) is 0.275. The number of sulfonamides is 1. The lowest BCUT2D eigenvalue weighted by atomic mass is 9.82. The SMILES string of the molecule is CCNS(=O)(=O)c1ccccc1NCC1CC(O)C1.